The van der Waals surface area contributed by atoms with E-state index in [1.54, 1.807) is 18.2 Å². The number of nitrogens with zero attached hydrogens (tertiary/aromatic N) is 1. The van der Waals surface area contributed by atoms with Crippen LogP contribution in [0.3, 0.4) is 0 Å². The Labute approximate surface area is 163 Å². The molecule has 1 amide bonds. The fourth-order valence-corrected chi connectivity index (χ4v) is 3.45. The van der Waals surface area contributed by atoms with E-state index in [9.17, 15) is 18.6 Å². The van der Waals surface area contributed by atoms with Crippen molar-refractivity contribution in [2.75, 3.05) is 0 Å². The molecular weight excluding hydrogens is 431 g/mol. The zero-order chi connectivity index (χ0) is 21.3. The molecule has 0 spiro atoms. The van der Waals surface area contributed by atoms with Gasteiger partial charge in [-0.15, -0.1) is 0 Å². The van der Waals surface area contributed by atoms with Crippen LogP contribution in [0.25, 0.3) is 10.8 Å². The molecule has 0 aliphatic heterocycles. The quantitative estimate of drug-likeness (QED) is 0.259. The zero-order valence-corrected chi connectivity index (χ0v) is 16.7. The van der Waals surface area contributed by atoms with Gasteiger partial charge in [-0.1, -0.05) is 30.3 Å². The zero-order valence-electron chi connectivity index (χ0n) is 14.8. The Morgan fingerprint density at radius 3 is 2.00 bits per heavy atom. The third-order valence-electron chi connectivity index (χ3n) is 3.16. The fraction of sp³-hybridized carbons (Fsp3) is 0.0556. The molecule has 0 atom stereocenters. The summed E-state index contributed by atoms with van der Waals surface area (Å²) in [4.78, 5) is 19.5. The second-order valence-electron chi connectivity index (χ2n) is 5.40. The van der Waals surface area contributed by atoms with Crippen LogP contribution in [0.15, 0.2) is 66.7 Å². The van der Waals surface area contributed by atoms with Crippen molar-refractivity contribution in [2.24, 2.45) is 5.73 Å². The molecular formula is C18H19AsN2O7. The Morgan fingerprint density at radius 1 is 1.00 bits per heavy atom. The summed E-state index contributed by atoms with van der Waals surface area (Å²) < 4.78 is 27.7. The van der Waals surface area contributed by atoms with Gasteiger partial charge in [0.15, 0.2) is 0 Å². The van der Waals surface area contributed by atoms with Crippen molar-refractivity contribution in [3.05, 3.63) is 76.8 Å². The minimum Gasteiger partial charge on any atom is -0.258 e. The van der Waals surface area contributed by atoms with Crippen molar-refractivity contribution in [2.45, 2.75) is 6.92 Å². The number of benzene rings is 3. The van der Waals surface area contributed by atoms with Crippen LogP contribution in [0.2, 0.25) is 0 Å². The summed E-state index contributed by atoms with van der Waals surface area (Å²) in [6, 6.07) is 17.8. The van der Waals surface area contributed by atoms with Crippen LogP contribution in [0.5, 0.6) is 5.75 Å². The maximum atomic E-state index is 10.6. The van der Waals surface area contributed by atoms with Gasteiger partial charge < -0.3 is 5.73 Å². The maximum Gasteiger partial charge on any atom is 0.277 e. The molecule has 5 N–H and O–H groups in total. The van der Waals surface area contributed by atoms with E-state index in [2.05, 4.69) is 5.73 Å². The van der Waals surface area contributed by atoms with Crippen LogP contribution in [-0.4, -0.2) is 38.3 Å². The predicted molar refractivity (Wildman–Crippen MR) is 104 cm³/mol. The van der Waals surface area contributed by atoms with Crippen LogP contribution in [-0.2, 0) is 8.53 Å². The van der Waals surface area contributed by atoms with Gasteiger partial charge in [0.1, 0.15) is 0 Å². The van der Waals surface area contributed by atoms with E-state index < -0.39 is 14.2 Å². The van der Waals surface area contributed by atoms with Crippen molar-refractivity contribution in [1.29, 1.82) is 0 Å². The molecule has 28 heavy (non-hydrogen) atoms. The van der Waals surface area contributed by atoms with Gasteiger partial charge >= 0.3 is 65.6 Å². The van der Waals surface area contributed by atoms with E-state index in [0.717, 1.165) is 5.39 Å². The first-order valence-corrected chi connectivity index (χ1v) is 11.1. The summed E-state index contributed by atoms with van der Waals surface area (Å²) in [5.41, 5.74) is 4.64. The second kappa shape index (κ2) is 10.3. The number of para-hydroxylation sites is 1. The van der Waals surface area contributed by atoms with Gasteiger partial charge in [-0.25, -0.2) is 0 Å². The number of hydrogen-bond donors (Lipinski definition) is 4. The Bertz CT molecular complexity index is 1010. The number of nitro benzene ring substituents is 1. The number of carbonyl (C=O) groups is 1. The van der Waals surface area contributed by atoms with Gasteiger partial charge in [-0.2, -0.15) is 0 Å². The Hall–Kier alpha value is -3.13. The summed E-state index contributed by atoms with van der Waals surface area (Å²) in [6.45, 7) is 1.31. The van der Waals surface area contributed by atoms with E-state index in [0.29, 0.717) is 5.39 Å². The van der Waals surface area contributed by atoms with Crippen LogP contribution < -0.4 is 10.1 Å². The van der Waals surface area contributed by atoms with Crippen LogP contribution in [0.1, 0.15) is 6.92 Å². The number of phenols is 1. The first kappa shape index (κ1) is 22.9. The first-order valence-electron chi connectivity index (χ1n) is 7.76. The van der Waals surface area contributed by atoms with Gasteiger partial charge in [0.05, 0.1) is 10.3 Å². The molecule has 0 saturated heterocycles. The van der Waals surface area contributed by atoms with Gasteiger partial charge in [-0.05, 0) is 11.5 Å². The van der Waals surface area contributed by atoms with Gasteiger partial charge in [-0.3, -0.25) is 14.9 Å². The van der Waals surface area contributed by atoms with Crippen LogP contribution in [0.4, 0.5) is 5.69 Å². The van der Waals surface area contributed by atoms with E-state index in [1.165, 1.54) is 37.3 Å². The number of hydrogen-bond acceptors (Lipinski definition) is 5. The van der Waals surface area contributed by atoms with E-state index in [4.69, 9.17) is 13.3 Å². The first-order chi connectivity index (χ1) is 13.0. The van der Waals surface area contributed by atoms with E-state index >= 15 is 0 Å². The van der Waals surface area contributed by atoms with Crippen molar-refractivity contribution < 1.29 is 26.8 Å². The van der Waals surface area contributed by atoms with E-state index in [1.807, 2.05) is 18.2 Å². The number of carbonyl (C=O) groups excluding carboxylic acids is 1. The molecule has 0 saturated carbocycles. The molecule has 3 rings (SSSR count). The summed E-state index contributed by atoms with van der Waals surface area (Å²) in [5, 5.41) is 21.2. The topological polar surface area (TPSA) is 164 Å². The SMILES string of the molecule is CC(N)=O.O=[As](O)(O)c1ccccc1O.O=[N+]([O-])c1cccc2ccccc12. The minimum atomic E-state index is -4.90. The molecule has 0 radical (unpaired) electrons. The molecule has 148 valence electrons. The molecule has 0 aliphatic carbocycles. The Balaban J connectivity index is 0.000000239. The normalized spacial score (nSPS) is 10.1. The number of phenolic OH excluding ortho intramolecular Hbond substituents is 1. The van der Waals surface area contributed by atoms with Gasteiger partial charge in [0.25, 0.3) is 5.69 Å². The van der Waals surface area contributed by atoms with Crippen LogP contribution in [0, 0.1) is 10.1 Å². The summed E-state index contributed by atoms with van der Waals surface area (Å²) in [5.74, 6) is -0.681. The average molecular weight is 450 g/mol. The summed E-state index contributed by atoms with van der Waals surface area (Å²) in [7, 11) is 0. The molecule has 3 aromatic rings. The molecule has 0 bridgehead atoms. The molecule has 0 fully saturated rings. The second-order valence-corrected chi connectivity index (χ2v) is 8.69. The number of aromatic hydroxyl groups is 1. The number of amides is 1. The summed E-state index contributed by atoms with van der Waals surface area (Å²) >= 11 is -4.90. The minimum absolute atomic E-state index is 0.165. The number of primary amides is 1. The van der Waals surface area contributed by atoms with Gasteiger partial charge in [0, 0.05) is 13.0 Å². The molecule has 10 heteroatoms. The number of non-ortho nitro benzene ring substituents is 1. The molecule has 0 aromatic heterocycles. The smallest absolute Gasteiger partial charge is 0.258 e. The number of nitrogens with two attached hydrogens (primary N) is 1. The maximum absolute atomic E-state index is 10.6. The average Bonchev–Trinajstić information content (AvgIpc) is 2.60. The van der Waals surface area contributed by atoms with Crippen molar-refractivity contribution in [3.8, 4) is 5.75 Å². The van der Waals surface area contributed by atoms with Crippen molar-refractivity contribution >= 4 is 40.9 Å². The largest absolute Gasteiger partial charge is 0.277 e. The monoisotopic (exact) mass is 450 g/mol. The molecule has 9 nitrogen and oxygen atoms in total. The van der Waals surface area contributed by atoms with Crippen LogP contribution >= 0.6 is 0 Å². The van der Waals surface area contributed by atoms with Gasteiger partial charge in [0.2, 0.25) is 5.91 Å². The third kappa shape index (κ3) is 7.24. The molecule has 0 unspecified atom stereocenters. The Morgan fingerprint density at radius 2 is 1.50 bits per heavy atom. The number of rotatable bonds is 2. The fourth-order valence-electron chi connectivity index (χ4n) is 2.08. The van der Waals surface area contributed by atoms with Crippen molar-refractivity contribution in [3.63, 3.8) is 0 Å². The Kier molecular flexibility index (Phi) is 8.40. The molecule has 3 aromatic carbocycles. The van der Waals surface area contributed by atoms with Crippen molar-refractivity contribution in [1.82, 2.24) is 0 Å². The predicted octanol–water partition coefficient (Wildman–Crippen LogP) is 1.19. The number of fused-ring (bicyclic) bond motifs is 1. The molecule has 0 aliphatic rings. The number of nitro groups is 1. The summed E-state index contributed by atoms with van der Waals surface area (Å²) in [6.07, 6.45) is 0. The standard InChI is InChI=1S/C10H7NO2.C6H7AsO4.C2H5NO/c12-11(13)10-7-3-5-8-4-1-2-6-9(8)10;8-6-4-2-1-3-5(6)7(9,10)11;1-2(3)4/h1-7H;1-4,8H,(H2,9,10,11);1H3,(H2,3,4). The third-order valence-corrected chi connectivity index (χ3v) is 5.27. The molecule has 0 heterocycles. The van der Waals surface area contributed by atoms with E-state index in [-0.39, 0.29) is 26.6 Å².